The predicted molar refractivity (Wildman–Crippen MR) is 99.2 cm³/mol. The second kappa shape index (κ2) is 7.90. The molecular formula is C20H21N3O4. The third-order valence-electron chi connectivity index (χ3n) is 4.42. The van der Waals surface area contributed by atoms with E-state index in [1.807, 2.05) is 54.6 Å². The molecule has 0 spiro atoms. The van der Waals surface area contributed by atoms with Crippen LogP contribution in [0.25, 0.3) is 0 Å². The fourth-order valence-electron chi connectivity index (χ4n) is 2.98. The van der Waals surface area contributed by atoms with E-state index in [1.54, 1.807) is 7.11 Å². The predicted octanol–water partition coefficient (Wildman–Crippen LogP) is 1.79. The van der Waals surface area contributed by atoms with Crippen molar-refractivity contribution in [2.45, 2.75) is 6.04 Å². The average Bonchev–Trinajstić information content (AvgIpc) is 2.93. The highest BCUT2D eigenvalue weighted by Gasteiger charge is 2.35. The molecule has 2 aromatic rings. The van der Waals surface area contributed by atoms with Crippen LogP contribution in [0.15, 0.2) is 54.6 Å². The Hall–Kier alpha value is -3.35. The van der Waals surface area contributed by atoms with Crippen molar-refractivity contribution in [3.8, 4) is 5.75 Å². The summed E-state index contributed by atoms with van der Waals surface area (Å²) in [5, 5.41) is 2.93. The van der Waals surface area contributed by atoms with E-state index in [2.05, 4.69) is 5.32 Å². The van der Waals surface area contributed by atoms with Crippen molar-refractivity contribution >= 4 is 17.8 Å². The van der Waals surface area contributed by atoms with Gasteiger partial charge in [-0.05, 0) is 23.3 Å². The largest absolute Gasteiger partial charge is 0.497 e. The zero-order valence-electron chi connectivity index (χ0n) is 15.2. The van der Waals surface area contributed by atoms with E-state index >= 15 is 0 Å². The maximum atomic E-state index is 12.6. The number of likely N-dealkylation sites (N-methyl/N-ethyl adjacent to an activating group) is 1. The Morgan fingerprint density at radius 3 is 2.26 bits per heavy atom. The molecule has 1 aliphatic heterocycles. The minimum Gasteiger partial charge on any atom is -0.497 e. The molecule has 0 saturated carbocycles. The van der Waals surface area contributed by atoms with Gasteiger partial charge < -0.3 is 15.0 Å². The smallest absolute Gasteiger partial charge is 0.327 e. The standard InChI is InChI=1S/C20H21N3O4/c1-22-13-18(25)23(20(22)26)12-17(24)21-19(14-6-4-3-5-7-14)15-8-10-16(27-2)11-9-15/h3-11,19H,12-13H2,1-2H3,(H,21,24)/t19-/m1/s1. The lowest BCUT2D eigenvalue weighted by Gasteiger charge is -2.22. The Morgan fingerprint density at radius 1 is 1.07 bits per heavy atom. The number of benzene rings is 2. The number of methoxy groups -OCH3 is 1. The maximum Gasteiger partial charge on any atom is 0.327 e. The Kier molecular flexibility index (Phi) is 5.40. The molecular weight excluding hydrogens is 346 g/mol. The van der Waals surface area contributed by atoms with Crippen LogP contribution in [0.1, 0.15) is 17.2 Å². The Balaban J connectivity index is 1.80. The molecule has 7 heteroatoms. The molecule has 2 aromatic carbocycles. The van der Waals surface area contributed by atoms with Gasteiger partial charge in [0.2, 0.25) is 5.91 Å². The highest BCUT2D eigenvalue weighted by Crippen LogP contribution is 2.24. The van der Waals surface area contributed by atoms with E-state index in [-0.39, 0.29) is 19.0 Å². The minimum absolute atomic E-state index is 0.00724. The second-order valence-corrected chi connectivity index (χ2v) is 6.30. The van der Waals surface area contributed by atoms with Gasteiger partial charge in [-0.25, -0.2) is 4.79 Å². The fourth-order valence-corrected chi connectivity index (χ4v) is 2.98. The Morgan fingerprint density at radius 2 is 1.70 bits per heavy atom. The van der Waals surface area contributed by atoms with Crippen molar-refractivity contribution < 1.29 is 19.1 Å². The summed E-state index contributed by atoms with van der Waals surface area (Å²) in [6.45, 7) is -0.311. The summed E-state index contributed by atoms with van der Waals surface area (Å²) in [5.74, 6) is -0.0665. The van der Waals surface area contributed by atoms with Gasteiger partial charge in [-0.3, -0.25) is 14.5 Å². The molecule has 1 aliphatic rings. The lowest BCUT2D eigenvalue weighted by atomic mass is 9.98. The third kappa shape index (κ3) is 4.08. The highest BCUT2D eigenvalue weighted by molar-refractivity contribution is 6.04. The average molecular weight is 367 g/mol. The molecule has 7 nitrogen and oxygen atoms in total. The van der Waals surface area contributed by atoms with Crippen LogP contribution in [-0.2, 0) is 9.59 Å². The quantitative estimate of drug-likeness (QED) is 0.790. The SMILES string of the molecule is COc1ccc([C@H](NC(=O)CN2C(=O)CN(C)C2=O)c2ccccc2)cc1. The van der Waals surface area contributed by atoms with Crippen molar-refractivity contribution in [2.75, 3.05) is 27.2 Å². The number of imide groups is 1. The molecule has 27 heavy (non-hydrogen) atoms. The summed E-state index contributed by atoms with van der Waals surface area (Å²) in [7, 11) is 3.12. The Bertz CT molecular complexity index is 836. The molecule has 0 bridgehead atoms. The summed E-state index contributed by atoms with van der Waals surface area (Å²) in [5.41, 5.74) is 1.76. The van der Waals surface area contributed by atoms with E-state index in [0.29, 0.717) is 5.75 Å². The number of rotatable bonds is 6. The molecule has 1 atom stereocenters. The monoisotopic (exact) mass is 367 g/mol. The molecule has 0 aromatic heterocycles. The van der Waals surface area contributed by atoms with Crippen LogP contribution >= 0.6 is 0 Å². The van der Waals surface area contributed by atoms with E-state index in [4.69, 9.17) is 4.74 Å². The molecule has 1 heterocycles. The topological polar surface area (TPSA) is 79.0 Å². The number of amides is 4. The number of carbonyl (C=O) groups excluding carboxylic acids is 3. The number of urea groups is 1. The van der Waals surface area contributed by atoms with Crippen LogP contribution in [0.4, 0.5) is 4.79 Å². The number of ether oxygens (including phenoxy) is 1. The van der Waals surface area contributed by atoms with Crippen LogP contribution in [-0.4, -0.2) is 54.9 Å². The summed E-state index contributed by atoms with van der Waals surface area (Å²) in [6, 6.07) is 16.0. The van der Waals surface area contributed by atoms with Crippen LogP contribution < -0.4 is 10.1 Å². The molecule has 4 amide bonds. The van der Waals surface area contributed by atoms with E-state index in [9.17, 15) is 14.4 Å². The zero-order valence-corrected chi connectivity index (χ0v) is 15.2. The molecule has 1 saturated heterocycles. The molecule has 1 N–H and O–H groups in total. The molecule has 0 unspecified atom stereocenters. The lowest BCUT2D eigenvalue weighted by molar-refractivity contribution is -0.130. The van der Waals surface area contributed by atoms with Gasteiger partial charge in [0.1, 0.15) is 18.8 Å². The van der Waals surface area contributed by atoms with Gasteiger partial charge in [-0.15, -0.1) is 0 Å². The van der Waals surface area contributed by atoms with Crippen molar-refractivity contribution in [1.29, 1.82) is 0 Å². The number of nitrogens with zero attached hydrogens (tertiary/aromatic N) is 2. The number of hydrogen-bond donors (Lipinski definition) is 1. The van der Waals surface area contributed by atoms with Crippen LogP contribution in [0, 0.1) is 0 Å². The van der Waals surface area contributed by atoms with Crippen LogP contribution in [0.5, 0.6) is 5.75 Å². The number of hydrogen-bond acceptors (Lipinski definition) is 4. The molecule has 3 rings (SSSR count). The van der Waals surface area contributed by atoms with Crippen LogP contribution in [0.3, 0.4) is 0 Å². The highest BCUT2D eigenvalue weighted by atomic mass is 16.5. The summed E-state index contributed by atoms with van der Waals surface area (Å²) < 4.78 is 5.18. The Labute approximate surface area is 157 Å². The van der Waals surface area contributed by atoms with Gasteiger partial charge in [-0.2, -0.15) is 0 Å². The molecule has 0 radical (unpaired) electrons. The van der Waals surface area contributed by atoms with Gasteiger partial charge in [0.25, 0.3) is 5.91 Å². The first-order valence-corrected chi connectivity index (χ1v) is 8.53. The first kappa shape index (κ1) is 18.4. The fraction of sp³-hybridized carbons (Fsp3) is 0.250. The minimum atomic E-state index is -0.462. The number of nitrogens with one attached hydrogen (secondary N) is 1. The molecule has 1 fully saturated rings. The normalized spacial score (nSPS) is 15.0. The van der Waals surface area contributed by atoms with Crippen molar-refractivity contribution in [2.24, 2.45) is 0 Å². The summed E-state index contributed by atoms with van der Waals surface area (Å²) in [6.07, 6.45) is 0. The van der Waals surface area contributed by atoms with Gasteiger partial charge in [-0.1, -0.05) is 42.5 Å². The second-order valence-electron chi connectivity index (χ2n) is 6.30. The van der Waals surface area contributed by atoms with Crippen LogP contribution in [0.2, 0.25) is 0 Å². The van der Waals surface area contributed by atoms with Crippen molar-refractivity contribution in [1.82, 2.24) is 15.1 Å². The first-order valence-electron chi connectivity index (χ1n) is 8.53. The molecule has 140 valence electrons. The number of carbonyl (C=O) groups is 3. The van der Waals surface area contributed by atoms with E-state index < -0.39 is 18.0 Å². The maximum absolute atomic E-state index is 12.6. The first-order chi connectivity index (χ1) is 13.0. The summed E-state index contributed by atoms with van der Waals surface area (Å²) >= 11 is 0. The van der Waals surface area contributed by atoms with Crippen molar-refractivity contribution in [3.63, 3.8) is 0 Å². The van der Waals surface area contributed by atoms with E-state index in [1.165, 1.54) is 11.9 Å². The van der Waals surface area contributed by atoms with Gasteiger partial charge >= 0.3 is 6.03 Å². The molecule has 0 aliphatic carbocycles. The van der Waals surface area contributed by atoms with Gasteiger partial charge in [0.15, 0.2) is 0 Å². The zero-order chi connectivity index (χ0) is 19.4. The lowest BCUT2D eigenvalue weighted by Crippen LogP contribution is -2.42. The van der Waals surface area contributed by atoms with Gasteiger partial charge in [0.05, 0.1) is 13.2 Å². The van der Waals surface area contributed by atoms with Gasteiger partial charge in [0, 0.05) is 7.05 Å². The third-order valence-corrected chi connectivity index (χ3v) is 4.42. The summed E-state index contributed by atoms with van der Waals surface area (Å²) in [4.78, 5) is 38.7. The van der Waals surface area contributed by atoms with E-state index in [0.717, 1.165) is 16.0 Å². The van der Waals surface area contributed by atoms with Crippen molar-refractivity contribution in [3.05, 3.63) is 65.7 Å².